The Labute approximate surface area is 106 Å². The van der Waals surface area contributed by atoms with Crippen LogP contribution in [0.5, 0.6) is 0 Å². The fraction of sp³-hybridized carbons (Fsp3) is 0.818. The minimum atomic E-state index is -0.949. The smallest absolute Gasteiger partial charge is 0.326 e. The van der Waals surface area contributed by atoms with Crippen molar-refractivity contribution >= 4 is 23.6 Å². The largest absolute Gasteiger partial charge is 0.480 e. The van der Waals surface area contributed by atoms with Crippen LogP contribution in [0.15, 0.2) is 0 Å². The van der Waals surface area contributed by atoms with Crippen molar-refractivity contribution in [1.29, 1.82) is 0 Å². The number of hydrogen-bond donors (Lipinski definition) is 3. The van der Waals surface area contributed by atoms with Crippen LogP contribution in [0.1, 0.15) is 26.2 Å². The van der Waals surface area contributed by atoms with Crippen molar-refractivity contribution in [1.82, 2.24) is 10.6 Å². The molecule has 1 aliphatic rings. The van der Waals surface area contributed by atoms with Gasteiger partial charge in [-0.3, -0.25) is 4.79 Å². The van der Waals surface area contributed by atoms with Gasteiger partial charge in [-0.05, 0) is 6.42 Å². The van der Waals surface area contributed by atoms with E-state index in [0.717, 1.165) is 25.1 Å². The third kappa shape index (κ3) is 4.95. The molecular weight excluding hydrogens is 240 g/mol. The molecule has 2 atom stereocenters. The Morgan fingerprint density at radius 1 is 1.59 bits per heavy atom. The van der Waals surface area contributed by atoms with Crippen molar-refractivity contribution in [3.8, 4) is 0 Å². The average molecular weight is 260 g/mol. The highest BCUT2D eigenvalue weighted by Gasteiger charge is 2.25. The molecule has 0 spiro atoms. The first-order valence-electron chi connectivity index (χ1n) is 5.99. The fourth-order valence-electron chi connectivity index (χ4n) is 1.67. The molecule has 98 valence electrons. The van der Waals surface area contributed by atoms with Crippen molar-refractivity contribution < 1.29 is 14.7 Å². The van der Waals surface area contributed by atoms with Crippen LogP contribution in [0.2, 0.25) is 0 Å². The van der Waals surface area contributed by atoms with Crippen molar-refractivity contribution in [3.05, 3.63) is 0 Å². The van der Waals surface area contributed by atoms with E-state index in [4.69, 9.17) is 5.11 Å². The highest BCUT2D eigenvalue weighted by molar-refractivity contribution is 7.99. The zero-order valence-corrected chi connectivity index (χ0v) is 10.9. The van der Waals surface area contributed by atoms with Crippen molar-refractivity contribution in [2.45, 2.75) is 38.3 Å². The van der Waals surface area contributed by atoms with Gasteiger partial charge < -0.3 is 15.7 Å². The SMILES string of the molecule is CCCC[C@H](NC(=O)C1CSCCN1)C(=O)O. The minimum Gasteiger partial charge on any atom is -0.480 e. The van der Waals surface area contributed by atoms with E-state index in [9.17, 15) is 9.59 Å². The van der Waals surface area contributed by atoms with Gasteiger partial charge in [-0.25, -0.2) is 4.79 Å². The Balaban J connectivity index is 2.42. The molecule has 1 heterocycles. The van der Waals surface area contributed by atoms with Gasteiger partial charge in [0, 0.05) is 18.1 Å². The van der Waals surface area contributed by atoms with Crippen molar-refractivity contribution in [3.63, 3.8) is 0 Å². The number of nitrogens with one attached hydrogen (secondary N) is 2. The highest BCUT2D eigenvalue weighted by Crippen LogP contribution is 2.08. The minimum absolute atomic E-state index is 0.194. The van der Waals surface area contributed by atoms with Gasteiger partial charge in [-0.15, -0.1) is 0 Å². The average Bonchev–Trinajstić information content (AvgIpc) is 2.35. The molecule has 1 amide bonds. The summed E-state index contributed by atoms with van der Waals surface area (Å²) in [6, 6.07) is -1.01. The van der Waals surface area contributed by atoms with Gasteiger partial charge in [0.05, 0.1) is 6.04 Å². The zero-order chi connectivity index (χ0) is 12.7. The Kier molecular flexibility index (Phi) is 6.36. The molecule has 5 nitrogen and oxygen atoms in total. The third-order valence-electron chi connectivity index (χ3n) is 2.70. The van der Waals surface area contributed by atoms with Crippen LogP contribution < -0.4 is 10.6 Å². The van der Waals surface area contributed by atoms with Crippen molar-refractivity contribution in [2.75, 3.05) is 18.1 Å². The van der Waals surface area contributed by atoms with E-state index in [2.05, 4.69) is 10.6 Å². The summed E-state index contributed by atoms with van der Waals surface area (Å²) in [6.45, 7) is 2.80. The zero-order valence-electron chi connectivity index (χ0n) is 10.1. The van der Waals surface area contributed by atoms with Crippen LogP contribution >= 0.6 is 11.8 Å². The number of unbranched alkanes of at least 4 members (excludes halogenated alkanes) is 1. The second kappa shape index (κ2) is 7.55. The van der Waals surface area contributed by atoms with E-state index >= 15 is 0 Å². The number of carbonyl (C=O) groups excluding carboxylic acids is 1. The number of rotatable bonds is 6. The van der Waals surface area contributed by atoms with Crippen LogP contribution in [-0.4, -0.2) is 47.1 Å². The van der Waals surface area contributed by atoms with Gasteiger partial charge >= 0.3 is 5.97 Å². The van der Waals surface area contributed by atoms with Crippen LogP contribution in [0.3, 0.4) is 0 Å². The Morgan fingerprint density at radius 3 is 2.88 bits per heavy atom. The molecule has 0 aromatic heterocycles. The molecular formula is C11H20N2O3S. The second-order valence-corrected chi connectivity index (χ2v) is 5.27. The molecule has 1 rings (SSSR count). The standard InChI is InChI=1S/C11H20N2O3S/c1-2-3-4-8(11(15)16)13-10(14)9-7-17-6-5-12-9/h8-9,12H,2-7H2,1H3,(H,13,14)(H,15,16)/t8-,9?/m0/s1. The Hall–Kier alpha value is -0.750. The predicted molar refractivity (Wildman–Crippen MR) is 68.2 cm³/mol. The summed E-state index contributed by atoms with van der Waals surface area (Å²) >= 11 is 1.71. The molecule has 1 unspecified atom stereocenters. The molecule has 0 aromatic carbocycles. The fourth-order valence-corrected chi connectivity index (χ4v) is 2.61. The molecule has 0 radical (unpaired) electrons. The number of thioether (sulfide) groups is 1. The molecule has 6 heteroatoms. The number of carboxylic acid groups (broad SMARTS) is 1. The maximum atomic E-state index is 11.8. The Bertz CT molecular complexity index is 267. The normalized spacial score (nSPS) is 21.8. The first-order valence-corrected chi connectivity index (χ1v) is 7.15. The maximum Gasteiger partial charge on any atom is 0.326 e. The number of carboxylic acids is 1. The first-order chi connectivity index (χ1) is 8.15. The number of amides is 1. The lowest BCUT2D eigenvalue weighted by Gasteiger charge is -2.24. The van der Waals surface area contributed by atoms with Crippen LogP contribution in [0.25, 0.3) is 0 Å². The number of carbonyl (C=O) groups is 2. The lowest BCUT2D eigenvalue weighted by molar-refractivity contribution is -0.142. The van der Waals surface area contributed by atoms with Gasteiger partial charge in [-0.2, -0.15) is 11.8 Å². The third-order valence-corrected chi connectivity index (χ3v) is 3.76. The summed E-state index contributed by atoms with van der Waals surface area (Å²) in [7, 11) is 0. The monoisotopic (exact) mass is 260 g/mol. The first kappa shape index (κ1) is 14.3. The summed E-state index contributed by atoms with van der Waals surface area (Å²) in [5.41, 5.74) is 0. The molecule has 3 N–H and O–H groups in total. The quantitative estimate of drug-likeness (QED) is 0.646. The molecule has 1 fully saturated rings. The summed E-state index contributed by atoms with van der Waals surface area (Å²) in [6.07, 6.45) is 2.23. The lowest BCUT2D eigenvalue weighted by atomic mass is 10.1. The van der Waals surface area contributed by atoms with Crippen LogP contribution in [0.4, 0.5) is 0 Å². The van der Waals surface area contributed by atoms with E-state index in [1.165, 1.54) is 0 Å². The lowest BCUT2D eigenvalue weighted by Crippen LogP contribution is -2.53. The molecule has 1 aliphatic heterocycles. The van der Waals surface area contributed by atoms with E-state index < -0.39 is 12.0 Å². The van der Waals surface area contributed by atoms with Crippen LogP contribution in [0, 0.1) is 0 Å². The molecule has 0 aromatic rings. The van der Waals surface area contributed by atoms with E-state index in [-0.39, 0.29) is 11.9 Å². The van der Waals surface area contributed by atoms with Crippen LogP contribution in [-0.2, 0) is 9.59 Å². The molecule has 0 saturated carbocycles. The number of aliphatic carboxylic acids is 1. The van der Waals surface area contributed by atoms with Gasteiger partial charge in [0.2, 0.25) is 5.91 Å². The maximum absolute atomic E-state index is 11.8. The molecule has 1 saturated heterocycles. The Morgan fingerprint density at radius 2 is 2.35 bits per heavy atom. The summed E-state index contributed by atoms with van der Waals surface area (Å²) in [4.78, 5) is 22.8. The summed E-state index contributed by atoms with van der Waals surface area (Å²) in [5.74, 6) is 0.574. The van der Waals surface area contributed by atoms with E-state index in [1.54, 1.807) is 11.8 Å². The predicted octanol–water partition coefficient (Wildman–Crippen LogP) is 0.451. The van der Waals surface area contributed by atoms with Gasteiger partial charge in [0.25, 0.3) is 0 Å². The van der Waals surface area contributed by atoms with E-state index in [1.807, 2.05) is 6.92 Å². The van der Waals surface area contributed by atoms with Gasteiger partial charge in [0.1, 0.15) is 6.04 Å². The summed E-state index contributed by atoms with van der Waals surface area (Å²) in [5, 5.41) is 14.7. The molecule has 0 aliphatic carbocycles. The van der Waals surface area contributed by atoms with Gasteiger partial charge in [-0.1, -0.05) is 19.8 Å². The van der Waals surface area contributed by atoms with Gasteiger partial charge in [0.15, 0.2) is 0 Å². The summed E-state index contributed by atoms with van der Waals surface area (Å²) < 4.78 is 0. The topological polar surface area (TPSA) is 78.4 Å². The second-order valence-electron chi connectivity index (χ2n) is 4.12. The number of hydrogen-bond acceptors (Lipinski definition) is 4. The molecule has 0 bridgehead atoms. The molecule has 17 heavy (non-hydrogen) atoms. The van der Waals surface area contributed by atoms with E-state index in [0.29, 0.717) is 12.2 Å². The highest BCUT2D eigenvalue weighted by atomic mass is 32.2. The van der Waals surface area contributed by atoms with Crippen molar-refractivity contribution in [2.24, 2.45) is 0 Å².